The van der Waals surface area contributed by atoms with Crippen LogP contribution in [0.15, 0.2) is 12.1 Å². The van der Waals surface area contributed by atoms with E-state index in [1.54, 1.807) is 28.8 Å². The number of methoxy groups -OCH3 is 3. The fourth-order valence-electron chi connectivity index (χ4n) is 3.37. The van der Waals surface area contributed by atoms with E-state index in [9.17, 15) is 14.4 Å². The number of esters is 1. The van der Waals surface area contributed by atoms with Gasteiger partial charge in [0.25, 0.3) is 0 Å². The van der Waals surface area contributed by atoms with Gasteiger partial charge in [-0.25, -0.2) is 9.59 Å². The van der Waals surface area contributed by atoms with E-state index in [4.69, 9.17) is 23.7 Å². The number of nitrogens with zero attached hydrogens (tertiary/aromatic N) is 1. The highest BCUT2D eigenvalue weighted by Crippen LogP contribution is 2.40. The Kier molecular flexibility index (Phi) is 10.6. The first-order chi connectivity index (χ1) is 15.9. The number of morpholine rings is 1. The molecule has 1 fully saturated rings. The second kappa shape index (κ2) is 13.1. The van der Waals surface area contributed by atoms with Crippen LogP contribution in [0.25, 0.3) is 0 Å². The number of ketones is 1. The SMILES string of the molecule is COC(=O)[C@H](CCSC)NC(=O)N1CCOC(COc2c(C(C)=O)ccc(OC)c2OC)C1. The van der Waals surface area contributed by atoms with Gasteiger partial charge < -0.3 is 33.9 Å². The topological polar surface area (TPSA) is 113 Å². The molecule has 0 spiro atoms. The third-order valence-electron chi connectivity index (χ3n) is 5.11. The molecule has 0 aliphatic carbocycles. The number of Topliss-reactive ketones (excluding diaryl/α,β-unsaturated/α-hetero) is 1. The average molecular weight is 485 g/mol. The molecule has 2 rings (SSSR count). The van der Waals surface area contributed by atoms with E-state index >= 15 is 0 Å². The lowest BCUT2D eigenvalue weighted by atomic mass is 10.1. The molecule has 2 amide bonds. The van der Waals surface area contributed by atoms with Crippen LogP contribution in [0.2, 0.25) is 0 Å². The molecule has 1 aromatic rings. The van der Waals surface area contributed by atoms with E-state index in [0.717, 1.165) is 0 Å². The summed E-state index contributed by atoms with van der Waals surface area (Å²) in [7, 11) is 4.26. The van der Waals surface area contributed by atoms with Crippen molar-refractivity contribution in [3.63, 3.8) is 0 Å². The molecule has 1 aliphatic rings. The van der Waals surface area contributed by atoms with Gasteiger partial charge in [-0.05, 0) is 37.5 Å². The Morgan fingerprint density at radius 3 is 2.58 bits per heavy atom. The number of rotatable bonds is 11. The number of thioether (sulfide) groups is 1. The van der Waals surface area contributed by atoms with E-state index in [2.05, 4.69) is 5.32 Å². The lowest BCUT2D eigenvalue weighted by Crippen LogP contribution is -2.54. The smallest absolute Gasteiger partial charge is 0.328 e. The van der Waals surface area contributed by atoms with Gasteiger partial charge in [0.15, 0.2) is 17.3 Å². The van der Waals surface area contributed by atoms with Crippen LogP contribution in [-0.2, 0) is 14.3 Å². The predicted molar refractivity (Wildman–Crippen MR) is 124 cm³/mol. The van der Waals surface area contributed by atoms with E-state index in [0.29, 0.717) is 42.4 Å². The van der Waals surface area contributed by atoms with E-state index in [1.165, 1.54) is 28.3 Å². The summed E-state index contributed by atoms with van der Waals surface area (Å²) in [6.45, 7) is 2.46. The Bertz CT molecular complexity index is 835. The molecule has 1 unspecified atom stereocenters. The molecule has 1 N–H and O–H groups in total. The van der Waals surface area contributed by atoms with Crippen LogP contribution < -0.4 is 19.5 Å². The number of carbonyl (C=O) groups is 3. The van der Waals surface area contributed by atoms with Crippen molar-refractivity contribution in [3.05, 3.63) is 17.7 Å². The van der Waals surface area contributed by atoms with Crippen molar-refractivity contribution in [2.45, 2.75) is 25.5 Å². The van der Waals surface area contributed by atoms with Gasteiger partial charge in [-0.1, -0.05) is 0 Å². The normalized spacial score (nSPS) is 16.5. The lowest BCUT2D eigenvalue weighted by Gasteiger charge is -2.33. The summed E-state index contributed by atoms with van der Waals surface area (Å²) >= 11 is 1.58. The zero-order chi connectivity index (χ0) is 24.4. The fourth-order valence-corrected chi connectivity index (χ4v) is 3.84. The molecule has 11 heteroatoms. The molecule has 184 valence electrons. The highest BCUT2D eigenvalue weighted by Gasteiger charge is 2.29. The molecule has 1 saturated heterocycles. The summed E-state index contributed by atoms with van der Waals surface area (Å²) in [4.78, 5) is 38.4. The van der Waals surface area contributed by atoms with Gasteiger partial charge >= 0.3 is 12.0 Å². The van der Waals surface area contributed by atoms with Gasteiger partial charge in [0, 0.05) is 6.54 Å². The molecule has 2 atom stereocenters. The minimum Gasteiger partial charge on any atom is -0.493 e. The van der Waals surface area contributed by atoms with E-state index < -0.39 is 18.1 Å². The number of nitrogens with one attached hydrogen (secondary N) is 1. The van der Waals surface area contributed by atoms with E-state index in [-0.39, 0.29) is 30.7 Å². The minimum atomic E-state index is -0.716. The first kappa shape index (κ1) is 26.6. The van der Waals surface area contributed by atoms with Crippen LogP contribution in [0.5, 0.6) is 17.2 Å². The molecule has 33 heavy (non-hydrogen) atoms. The monoisotopic (exact) mass is 484 g/mol. The van der Waals surface area contributed by atoms with Gasteiger partial charge in [0.2, 0.25) is 5.75 Å². The summed E-state index contributed by atoms with van der Waals surface area (Å²) < 4.78 is 27.2. The van der Waals surface area contributed by atoms with Gasteiger partial charge in [0.05, 0.1) is 40.0 Å². The zero-order valence-corrected chi connectivity index (χ0v) is 20.5. The second-order valence-corrected chi connectivity index (χ2v) is 8.28. The summed E-state index contributed by atoms with van der Waals surface area (Å²) in [6, 6.07) is 2.16. The maximum absolute atomic E-state index is 12.8. The Labute approximate surface area is 198 Å². The number of carbonyl (C=O) groups excluding carboxylic acids is 3. The predicted octanol–water partition coefficient (Wildman–Crippen LogP) is 1.99. The molecule has 0 saturated carbocycles. The van der Waals surface area contributed by atoms with Crippen molar-refractivity contribution in [2.75, 3.05) is 59.6 Å². The second-order valence-electron chi connectivity index (χ2n) is 7.29. The number of hydrogen-bond donors (Lipinski definition) is 1. The number of ether oxygens (including phenoxy) is 5. The minimum absolute atomic E-state index is 0.0838. The van der Waals surface area contributed by atoms with Gasteiger partial charge in [-0.2, -0.15) is 11.8 Å². The van der Waals surface area contributed by atoms with Crippen molar-refractivity contribution in [3.8, 4) is 17.2 Å². The average Bonchev–Trinajstić information content (AvgIpc) is 2.83. The Morgan fingerprint density at radius 1 is 1.21 bits per heavy atom. The van der Waals surface area contributed by atoms with Crippen molar-refractivity contribution in [2.24, 2.45) is 0 Å². The molecular weight excluding hydrogens is 452 g/mol. The molecule has 0 aromatic heterocycles. The first-order valence-corrected chi connectivity index (χ1v) is 11.9. The third kappa shape index (κ3) is 7.16. The fraction of sp³-hybridized carbons (Fsp3) is 0.591. The Balaban J connectivity index is 2.06. The zero-order valence-electron chi connectivity index (χ0n) is 19.7. The summed E-state index contributed by atoms with van der Waals surface area (Å²) in [5.74, 6) is 1.05. The molecule has 1 aliphatic heterocycles. The third-order valence-corrected chi connectivity index (χ3v) is 5.76. The number of hydrogen-bond acceptors (Lipinski definition) is 9. The molecule has 10 nitrogen and oxygen atoms in total. The highest BCUT2D eigenvalue weighted by molar-refractivity contribution is 7.98. The van der Waals surface area contributed by atoms with Crippen LogP contribution in [0.3, 0.4) is 0 Å². The summed E-state index contributed by atoms with van der Waals surface area (Å²) in [6.07, 6.45) is 1.96. The van der Waals surface area contributed by atoms with Crippen LogP contribution in [0, 0.1) is 0 Å². The van der Waals surface area contributed by atoms with Gasteiger partial charge in [-0.3, -0.25) is 4.79 Å². The molecule has 1 heterocycles. The quantitative estimate of drug-likeness (QED) is 0.372. The first-order valence-electron chi connectivity index (χ1n) is 10.5. The summed E-state index contributed by atoms with van der Waals surface area (Å²) in [5.41, 5.74) is 0.354. The maximum atomic E-state index is 12.8. The highest BCUT2D eigenvalue weighted by atomic mass is 32.2. The molecular formula is C22H32N2O8S. The Morgan fingerprint density at radius 2 is 1.97 bits per heavy atom. The number of benzene rings is 1. The standard InChI is InChI=1S/C22H32N2O8S/c1-14(25)16-6-7-18(28-2)20(29-3)19(16)32-13-15-12-24(9-10-31-15)22(27)23-17(8-11-33-5)21(26)30-4/h6-7,15,17H,8-13H2,1-5H3,(H,23,27)/t15?,17-/m0/s1. The number of amides is 2. The van der Waals surface area contributed by atoms with Crippen LogP contribution >= 0.6 is 11.8 Å². The van der Waals surface area contributed by atoms with Crippen molar-refractivity contribution in [1.82, 2.24) is 10.2 Å². The molecule has 0 bridgehead atoms. The van der Waals surface area contributed by atoms with Crippen molar-refractivity contribution < 1.29 is 38.1 Å². The van der Waals surface area contributed by atoms with Crippen molar-refractivity contribution in [1.29, 1.82) is 0 Å². The molecule has 0 radical (unpaired) electrons. The lowest BCUT2D eigenvalue weighted by molar-refractivity contribution is -0.143. The Hall–Kier alpha value is -2.66. The maximum Gasteiger partial charge on any atom is 0.328 e. The van der Waals surface area contributed by atoms with Crippen LogP contribution in [0.1, 0.15) is 23.7 Å². The summed E-state index contributed by atoms with van der Waals surface area (Å²) in [5, 5.41) is 2.75. The van der Waals surface area contributed by atoms with Crippen LogP contribution in [0.4, 0.5) is 4.79 Å². The molecule has 1 aromatic carbocycles. The van der Waals surface area contributed by atoms with E-state index in [1.807, 2.05) is 6.26 Å². The van der Waals surface area contributed by atoms with Gasteiger partial charge in [0.1, 0.15) is 18.8 Å². The van der Waals surface area contributed by atoms with Crippen LogP contribution in [-0.4, -0.2) is 94.5 Å². The van der Waals surface area contributed by atoms with Crippen molar-refractivity contribution >= 4 is 29.5 Å². The largest absolute Gasteiger partial charge is 0.493 e. The number of urea groups is 1. The van der Waals surface area contributed by atoms with Gasteiger partial charge in [-0.15, -0.1) is 0 Å².